The van der Waals surface area contributed by atoms with Gasteiger partial charge in [0.25, 0.3) is 5.88 Å². The Kier molecular flexibility index (Phi) is 3.04. The maximum absolute atomic E-state index is 8.87. The fraction of sp³-hybridized carbons (Fsp3) is 0.300. The second kappa shape index (κ2) is 4.25. The number of aryl methyl sites for hydroxylation is 1. The molecule has 0 atom stereocenters. The Morgan fingerprint density at radius 2 is 2.14 bits per heavy atom. The van der Waals surface area contributed by atoms with Crippen LogP contribution in [-0.2, 0) is 0 Å². The van der Waals surface area contributed by atoms with Gasteiger partial charge in [-0.3, -0.25) is 0 Å². The molecular weight excluding hydrogens is 178 g/mol. The molecule has 0 unspecified atom stereocenters. The fourth-order valence-corrected chi connectivity index (χ4v) is 0.929. The lowest BCUT2D eigenvalue weighted by Crippen LogP contribution is -2.04. The highest BCUT2D eigenvalue weighted by molar-refractivity contribution is 5.44. The van der Waals surface area contributed by atoms with Crippen LogP contribution in [0.1, 0.15) is 16.8 Å². The molecule has 4 heteroatoms. The zero-order valence-electron chi connectivity index (χ0n) is 8.03. The molecule has 1 aromatic rings. The zero-order valence-corrected chi connectivity index (χ0v) is 8.03. The Hall–Kier alpha value is -2.07. The summed E-state index contributed by atoms with van der Waals surface area (Å²) < 4.78 is 5.08. The molecule has 0 saturated heterocycles. The van der Waals surface area contributed by atoms with Crippen molar-refractivity contribution < 1.29 is 4.74 Å². The maximum Gasteiger partial charge on any atom is 0.252 e. The third kappa shape index (κ3) is 1.81. The quantitative estimate of drug-likeness (QED) is 0.647. The van der Waals surface area contributed by atoms with Gasteiger partial charge in [0.2, 0.25) is 0 Å². The van der Waals surface area contributed by atoms with E-state index in [4.69, 9.17) is 16.4 Å². The van der Waals surface area contributed by atoms with Crippen LogP contribution in [0, 0.1) is 37.5 Å². The standard InChI is InChI=1S/C10H9N3O/c1-4-5-14-10-9(6-11)7(2)8(3)12-13-10/h1H,5H2,2-3H3. The summed E-state index contributed by atoms with van der Waals surface area (Å²) in [6, 6.07) is 2.02. The largest absolute Gasteiger partial charge is 0.462 e. The maximum atomic E-state index is 8.87. The van der Waals surface area contributed by atoms with Crippen molar-refractivity contribution >= 4 is 0 Å². The van der Waals surface area contributed by atoms with Gasteiger partial charge in [-0.05, 0) is 19.4 Å². The third-order valence-electron chi connectivity index (χ3n) is 1.83. The average Bonchev–Trinajstić information content (AvgIpc) is 2.20. The first-order valence-electron chi connectivity index (χ1n) is 4.01. The van der Waals surface area contributed by atoms with Gasteiger partial charge in [0, 0.05) is 0 Å². The molecule has 0 aliphatic carbocycles. The molecule has 0 saturated carbocycles. The summed E-state index contributed by atoms with van der Waals surface area (Å²) in [4.78, 5) is 0. The second-order valence-electron chi connectivity index (χ2n) is 2.70. The van der Waals surface area contributed by atoms with Gasteiger partial charge in [-0.25, -0.2) is 0 Å². The van der Waals surface area contributed by atoms with E-state index in [9.17, 15) is 0 Å². The molecule has 0 amide bonds. The van der Waals surface area contributed by atoms with E-state index in [1.807, 2.05) is 6.07 Å². The van der Waals surface area contributed by atoms with E-state index in [1.165, 1.54) is 0 Å². The van der Waals surface area contributed by atoms with E-state index in [0.29, 0.717) is 5.56 Å². The normalized spacial score (nSPS) is 8.86. The summed E-state index contributed by atoms with van der Waals surface area (Å²) in [5.74, 6) is 2.50. The Morgan fingerprint density at radius 3 is 2.71 bits per heavy atom. The highest BCUT2D eigenvalue weighted by Crippen LogP contribution is 2.18. The molecule has 0 aliphatic rings. The Bertz CT molecular complexity index is 426. The number of terminal acetylenes is 1. The van der Waals surface area contributed by atoms with Gasteiger partial charge in [0.05, 0.1) is 5.69 Å². The topological polar surface area (TPSA) is 58.8 Å². The van der Waals surface area contributed by atoms with Crippen LogP contribution in [0.25, 0.3) is 0 Å². The van der Waals surface area contributed by atoms with Gasteiger partial charge in [0.1, 0.15) is 11.6 Å². The number of rotatable bonds is 2. The summed E-state index contributed by atoms with van der Waals surface area (Å²) in [7, 11) is 0. The summed E-state index contributed by atoms with van der Waals surface area (Å²) in [6.45, 7) is 3.67. The molecule has 0 N–H and O–H groups in total. The van der Waals surface area contributed by atoms with Crippen molar-refractivity contribution in [1.29, 1.82) is 5.26 Å². The number of aromatic nitrogens is 2. The number of nitrogens with zero attached hydrogens (tertiary/aromatic N) is 3. The van der Waals surface area contributed by atoms with Gasteiger partial charge in [-0.2, -0.15) is 10.4 Å². The molecule has 14 heavy (non-hydrogen) atoms. The van der Waals surface area contributed by atoms with Crippen molar-refractivity contribution in [1.82, 2.24) is 10.2 Å². The smallest absolute Gasteiger partial charge is 0.252 e. The lowest BCUT2D eigenvalue weighted by molar-refractivity contribution is 0.348. The first-order valence-corrected chi connectivity index (χ1v) is 4.01. The molecule has 0 aliphatic heterocycles. The predicted octanol–water partition coefficient (Wildman–Crippen LogP) is 0.977. The van der Waals surface area contributed by atoms with E-state index < -0.39 is 0 Å². The van der Waals surface area contributed by atoms with Gasteiger partial charge >= 0.3 is 0 Å². The Labute approximate surface area is 82.5 Å². The van der Waals surface area contributed by atoms with Gasteiger partial charge in [0.15, 0.2) is 6.61 Å². The van der Waals surface area contributed by atoms with Crippen LogP contribution in [0.3, 0.4) is 0 Å². The molecule has 0 fully saturated rings. The molecule has 4 nitrogen and oxygen atoms in total. The van der Waals surface area contributed by atoms with Crippen molar-refractivity contribution in [3.8, 4) is 24.3 Å². The lowest BCUT2D eigenvalue weighted by atomic mass is 10.1. The molecule has 0 spiro atoms. The highest BCUT2D eigenvalue weighted by Gasteiger charge is 2.10. The molecule has 0 aromatic carbocycles. The molecule has 0 bridgehead atoms. The van der Waals surface area contributed by atoms with E-state index >= 15 is 0 Å². The van der Waals surface area contributed by atoms with Crippen LogP contribution < -0.4 is 4.74 Å². The van der Waals surface area contributed by atoms with Gasteiger partial charge in [-0.15, -0.1) is 11.5 Å². The van der Waals surface area contributed by atoms with Crippen LogP contribution in [0.15, 0.2) is 0 Å². The van der Waals surface area contributed by atoms with Crippen LogP contribution in [0.2, 0.25) is 0 Å². The van der Waals surface area contributed by atoms with Crippen LogP contribution in [-0.4, -0.2) is 16.8 Å². The molecule has 1 aromatic heterocycles. The number of ether oxygens (including phenoxy) is 1. The number of hydrogen-bond acceptors (Lipinski definition) is 4. The summed E-state index contributed by atoms with van der Waals surface area (Å²) in [5, 5.41) is 16.5. The lowest BCUT2D eigenvalue weighted by Gasteiger charge is -2.05. The van der Waals surface area contributed by atoms with E-state index in [1.54, 1.807) is 13.8 Å². The minimum atomic E-state index is 0.0891. The van der Waals surface area contributed by atoms with Crippen molar-refractivity contribution in [2.75, 3.05) is 6.61 Å². The molecule has 1 rings (SSSR count). The Balaban J connectivity index is 3.14. The van der Waals surface area contributed by atoms with Crippen molar-refractivity contribution in [2.24, 2.45) is 0 Å². The number of hydrogen-bond donors (Lipinski definition) is 0. The first-order chi connectivity index (χ1) is 6.70. The summed E-state index contributed by atoms with van der Waals surface area (Å²) in [6.07, 6.45) is 5.03. The molecule has 70 valence electrons. The van der Waals surface area contributed by atoms with Crippen LogP contribution in [0.5, 0.6) is 5.88 Å². The van der Waals surface area contributed by atoms with Gasteiger partial charge < -0.3 is 4.74 Å². The van der Waals surface area contributed by atoms with Gasteiger partial charge in [-0.1, -0.05) is 5.92 Å². The Morgan fingerprint density at radius 1 is 1.43 bits per heavy atom. The average molecular weight is 187 g/mol. The third-order valence-corrected chi connectivity index (χ3v) is 1.83. The minimum absolute atomic E-state index is 0.0891. The van der Waals surface area contributed by atoms with E-state index in [2.05, 4.69) is 16.1 Å². The summed E-state index contributed by atoms with van der Waals surface area (Å²) in [5.41, 5.74) is 1.89. The zero-order chi connectivity index (χ0) is 10.6. The van der Waals surface area contributed by atoms with E-state index in [-0.39, 0.29) is 12.5 Å². The monoisotopic (exact) mass is 187 g/mol. The second-order valence-corrected chi connectivity index (χ2v) is 2.70. The first kappa shape index (κ1) is 10.0. The van der Waals surface area contributed by atoms with Crippen LogP contribution >= 0.6 is 0 Å². The van der Waals surface area contributed by atoms with Crippen molar-refractivity contribution in [2.45, 2.75) is 13.8 Å². The number of nitriles is 1. The minimum Gasteiger partial charge on any atom is -0.462 e. The predicted molar refractivity (Wildman–Crippen MR) is 50.5 cm³/mol. The molecule has 0 radical (unpaired) electrons. The summed E-state index contributed by atoms with van der Waals surface area (Å²) >= 11 is 0. The van der Waals surface area contributed by atoms with E-state index in [0.717, 1.165) is 11.3 Å². The SMILES string of the molecule is C#CCOc1nnc(C)c(C)c1C#N. The highest BCUT2D eigenvalue weighted by atomic mass is 16.5. The fourth-order valence-electron chi connectivity index (χ4n) is 0.929. The molecular formula is C10H9N3O. The molecule has 1 heterocycles. The van der Waals surface area contributed by atoms with Crippen LogP contribution in [0.4, 0.5) is 0 Å². The van der Waals surface area contributed by atoms with Crippen molar-refractivity contribution in [3.63, 3.8) is 0 Å². The van der Waals surface area contributed by atoms with Crippen molar-refractivity contribution in [3.05, 3.63) is 16.8 Å².